The predicted octanol–water partition coefficient (Wildman–Crippen LogP) is 3.07. The summed E-state index contributed by atoms with van der Waals surface area (Å²) in [6.07, 6.45) is 2.01. The Balaban J connectivity index is 1.87. The third-order valence-electron chi connectivity index (χ3n) is 3.52. The molecule has 110 valence electrons. The first-order chi connectivity index (χ1) is 10.8. The molecule has 1 amide bonds. The fourth-order valence-corrected chi connectivity index (χ4v) is 2.42. The third-order valence-corrected chi connectivity index (χ3v) is 3.52. The minimum atomic E-state index is -0.154. The van der Waals surface area contributed by atoms with Crippen LogP contribution in [0.1, 0.15) is 5.56 Å². The summed E-state index contributed by atoms with van der Waals surface area (Å²) < 4.78 is 0. The van der Waals surface area contributed by atoms with Crippen LogP contribution in [0.3, 0.4) is 0 Å². The van der Waals surface area contributed by atoms with Crippen molar-refractivity contribution in [1.29, 1.82) is 0 Å². The van der Waals surface area contributed by atoms with Crippen LogP contribution in [-0.2, 0) is 11.2 Å². The Bertz CT molecular complexity index is 806. The number of rotatable bonds is 5. The molecule has 0 saturated carbocycles. The first-order valence-electron chi connectivity index (χ1n) is 7.21. The maximum absolute atomic E-state index is 11.2. The van der Waals surface area contributed by atoms with Gasteiger partial charge >= 0.3 is 0 Å². The molecule has 22 heavy (non-hydrogen) atoms. The number of aromatic amines is 1. The summed E-state index contributed by atoms with van der Waals surface area (Å²) >= 11 is 0. The van der Waals surface area contributed by atoms with Crippen molar-refractivity contribution in [2.45, 2.75) is 6.42 Å². The Hall–Kier alpha value is -2.88. The van der Waals surface area contributed by atoms with Gasteiger partial charge in [-0.25, -0.2) is 4.98 Å². The van der Waals surface area contributed by atoms with Gasteiger partial charge in [0.25, 0.3) is 0 Å². The molecule has 0 aliphatic heterocycles. The van der Waals surface area contributed by atoms with Crippen LogP contribution in [0.2, 0.25) is 0 Å². The van der Waals surface area contributed by atoms with Gasteiger partial charge in [0.1, 0.15) is 5.82 Å². The zero-order chi connectivity index (χ0) is 15.4. The lowest BCUT2D eigenvalue weighted by molar-refractivity contribution is -0.116. The summed E-state index contributed by atoms with van der Waals surface area (Å²) in [5.41, 5.74) is 4.13. The van der Waals surface area contributed by atoms with Gasteiger partial charge in [-0.1, -0.05) is 49.0 Å². The van der Waals surface area contributed by atoms with Crippen LogP contribution in [0.15, 0.2) is 61.2 Å². The van der Waals surface area contributed by atoms with Crippen LogP contribution >= 0.6 is 0 Å². The lowest BCUT2D eigenvalue weighted by atomic mass is 10.1. The summed E-state index contributed by atoms with van der Waals surface area (Å²) in [6, 6.07) is 16.1. The fourth-order valence-electron chi connectivity index (χ4n) is 2.42. The van der Waals surface area contributed by atoms with E-state index in [2.05, 4.69) is 16.9 Å². The lowest BCUT2D eigenvalue weighted by Crippen LogP contribution is -2.23. The van der Waals surface area contributed by atoms with Gasteiger partial charge in [-0.05, 0) is 24.1 Å². The van der Waals surface area contributed by atoms with E-state index in [0.717, 1.165) is 34.4 Å². The molecule has 0 radical (unpaired) electrons. The van der Waals surface area contributed by atoms with Crippen LogP contribution in [0.5, 0.6) is 0 Å². The molecule has 0 aliphatic rings. The highest BCUT2D eigenvalue weighted by atomic mass is 16.1. The van der Waals surface area contributed by atoms with E-state index in [9.17, 15) is 4.79 Å². The minimum absolute atomic E-state index is 0.154. The van der Waals surface area contributed by atoms with Crippen molar-refractivity contribution >= 4 is 16.9 Å². The van der Waals surface area contributed by atoms with Gasteiger partial charge in [-0.2, -0.15) is 0 Å². The highest BCUT2D eigenvalue weighted by Gasteiger charge is 2.08. The number of para-hydroxylation sites is 1. The Morgan fingerprint density at radius 2 is 2.00 bits per heavy atom. The number of carbonyl (C=O) groups is 1. The molecule has 1 heterocycles. The summed E-state index contributed by atoms with van der Waals surface area (Å²) in [6.45, 7) is 4.01. The third kappa shape index (κ3) is 2.91. The van der Waals surface area contributed by atoms with Crippen molar-refractivity contribution in [3.05, 3.63) is 66.7 Å². The summed E-state index contributed by atoms with van der Waals surface area (Å²) in [5, 5.41) is 2.79. The van der Waals surface area contributed by atoms with E-state index in [1.54, 1.807) is 0 Å². The molecule has 2 N–H and O–H groups in total. The number of nitrogens with zero attached hydrogens (tertiary/aromatic N) is 1. The summed E-state index contributed by atoms with van der Waals surface area (Å²) in [4.78, 5) is 19.3. The average Bonchev–Trinajstić information content (AvgIpc) is 3.00. The van der Waals surface area contributed by atoms with E-state index < -0.39 is 0 Å². The van der Waals surface area contributed by atoms with Crippen LogP contribution in [0.4, 0.5) is 0 Å². The molecule has 4 heteroatoms. The van der Waals surface area contributed by atoms with Gasteiger partial charge in [0.05, 0.1) is 11.0 Å². The van der Waals surface area contributed by atoms with Gasteiger partial charge < -0.3 is 10.3 Å². The first-order valence-corrected chi connectivity index (χ1v) is 7.21. The van der Waals surface area contributed by atoms with Crippen LogP contribution < -0.4 is 5.32 Å². The highest BCUT2D eigenvalue weighted by molar-refractivity contribution is 5.87. The number of imidazole rings is 1. The van der Waals surface area contributed by atoms with E-state index in [0.29, 0.717) is 6.54 Å². The van der Waals surface area contributed by atoms with E-state index >= 15 is 0 Å². The summed E-state index contributed by atoms with van der Waals surface area (Å²) in [5.74, 6) is 0.706. The molecule has 0 spiro atoms. The standard InChI is InChI=1S/C18H17N3O/c1-2-16(22)19-12-11-13-9-6-10-15-17(13)21-18(20-15)14-7-4-3-5-8-14/h2-10H,1,11-12H2,(H,19,22)(H,20,21). The quantitative estimate of drug-likeness (QED) is 0.710. The zero-order valence-corrected chi connectivity index (χ0v) is 12.2. The van der Waals surface area contributed by atoms with Crippen LogP contribution in [-0.4, -0.2) is 22.4 Å². The first kappa shape index (κ1) is 14.1. The number of benzene rings is 2. The Morgan fingerprint density at radius 3 is 2.77 bits per heavy atom. The van der Waals surface area contributed by atoms with Gasteiger partial charge in [-0.15, -0.1) is 0 Å². The maximum atomic E-state index is 11.2. The largest absolute Gasteiger partial charge is 0.352 e. The molecular weight excluding hydrogens is 274 g/mol. The topological polar surface area (TPSA) is 57.8 Å². The number of H-pyrrole nitrogens is 1. The number of nitrogens with one attached hydrogen (secondary N) is 2. The molecule has 3 rings (SSSR count). The maximum Gasteiger partial charge on any atom is 0.243 e. The Labute approximate surface area is 128 Å². The molecule has 0 unspecified atom stereocenters. The monoisotopic (exact) mass is 291 g/mol. The lowest BCUT2D eigenvalue weighted by Gasteiger charge is -2.03. The van der Waals surface area contributed by atoms with E-state index in [1.165, 1.54) is 6.08 Å². The minimum Gasteiger partial charge on any atom is -0.352 e. The van der Waals surface area contributed by atoms with Crippen molar-refractivity contribution in [2.24, 2.45) is 0 Å². The van der Waals surface area contributed by atoms with E-state index in [4.69, 9.17) is 4.98 Å². The normalized spacial score (nSPS) is 10.5. The molecule has 0 fully saturated rings. The summed E-state index contributed by atoms with van der Waals surface area (Å²) in [7, 11) is 0. The highest BCUT2D eigenvalue weighted by Crippen LogP contribution is 2.22. The molecule has 3 aromatic rings. The van der Waals surface area contributed by atoms with Gasteiger partial charge in [0.15, 0.2) is 0 Å². The molecule has 2 aromatic carbocycles. The predicted molar refractivity (Wildman–Crippen MR) is 88.4 cm³/mol. The van der Waals surface area contributed by atoms with E-state index in [1.807, 2.05) is 48.5 Å². The fraction of sp³-hybridized carbons (Fsp3) is 0.111. The number of fused-ring (bicyclic) bond motifs is 1. The zero-order valence-electron chi connectivity index (χ0n) is 12.2. The van der Waals surface area contributed by atoms with Gasteiger partial charge in [0.2, 0.25) is 5.91 Å². The van der Waals surface area contributed by atoms with E-state index in [-0.39, 0.29) is 5.91 Å². The van der Waals surface area contributed by atoms with Gasteiger partial charge in [0, 0.05) is 12.1 Å². The number of amides is 1. The number of hydrogen-bond acceptors (Lipinski definition) is 2. The number of carbonyl (C=O) groups excluding carboxylic acids is 1. The van der Waals surface area contributed by atoms with Crippen molar-refractivity contribution in [3.63, 3.8) is 0 Å². The van der Waals surface area contributed by atoms with Crippen molar-refractivity contribution < 1.29 is 4.79 Å². The Kier molecular flexibility index (Phi) is 4.01. The number of hydrogen-bond donors (Lipinski definition) is 2. The average molecular weight is 291 g/mol. The number of aromatic nitrogens is 2. The SMILES string of the molecule is C=CC(=O)NCCc1cccc2[nH]c(-c3ccccc3)nc12. The van der Waals surface area contributed by atoms with Gasteiger partial charge in [-0.3, -0.25) is 4.79 Å². The Morgan fingerprint density at radius 1 is 1.18 bits per heavy atom. The molecule has 0 bridgehead atoms. The molecule has 0 aliphatic carbocycles. The second-order valence-corrected chi connectivity index (χ2v) is 5.01. The second-order valence-electron chi connectivity index (χ2n) is 5.01. The molecule has 0 saturated heterocycles. The molecular formula is C18H17N3O. The van der Waals surface area contributed by atoms with Crippen molar-refractivity contribution in [2.75, 3.05) is 6.54 Å². The van der Waals surface area contributed by atoms with Crippen molar-refractivity contribution in [3.8, 4) is 11.4 Å². The smallest absolute Gasteiger partial charge is 0.243 e. The molecule has 4 nitrogen and oxygen atoms in total. The van der Waals surface area contributed by atoms with Crippen molar-refractivity contribution in [1.82, 2.24) is 15.3 Å². The molecule has 1 aromatic heterocycles. The molecule has 0 atom stereocenters. The van der Waals surface area contributed by atoms with Crippen LogP contribution in [0.25, 0.3) is 22.4 Å². The second kappa shape index (κ2) is 6.26. The van der Waals surface area contributed by atoms with Crippen LogP contribution in [0, 0.1) is 0 Å².